The highest BCUT2D eigenvalue weighted by atomic mass is 32.2. The lowest BCUT2D eigenvalue weighted by Gasteiger charge is -2.18. The number of hydrogen-bond donors (Lipinski definition) is 1. The molecule has 4 aromatic rings. The smallest absolute Gasteiger partial charge is 0.193 e. The number of hydrogen-bond acceptors (Lipinski definition) is 4. The predicted molar refractivity (Wildman–Crippen MR) is 134 cm³/mol. The van der Waals surface area contributed by atoms with Crippen molar-refractivity contribution in [2.45, 2.75) is 16.8 Å². The summed E-state index contributed by atoms with van der Waals surface area (Å²) < 4.78 is 5.98. The zero-order valence-corrected chi connectivity index (χ0v) is 18.6. The van der Waals surface area contributed by atoms with Crippen LogP contribution in [-0.2, 0) is 6.61 Å². The first-order valence-corrected chi connectivity index (χ1v) is 11.8. The number of para-hydroxylation sites is 1. The van der Waals surface area contributed by atoms with E-state index < -0.39 is 0 Å². The summed E-state index contributed by atoms with van der Waals surface area (Å²) in [4.78, 5) is 14.6. The van der Waals surface area contributed by atoms with Gasteiger partial charge in [0.1, 0.15) is 12.4 Å². The number of fused-ring (bicyclic) bond motifs is 3. The number of ether oxygens (including phenoxy) is 1. The zero-order chi connectivity index (χ0) is 22.2. The number of Topliss-reactive ketones (excluding diaryl/α,β-unsaturated/α-hetero) is 1. The Bertz CT molecular complexity index is 1380. The molecule has 0 spiro atoms. The molecule has 0 radical (unpaired) electrons. The van der Waals surface area contributed by atoms with Gasteiger partial charge in [-0.05, 0) is 35.4 Å². The largest absolute Gasteiger partial charge is 0.489 e. The Labute approximate surface area is 197 Å². The van der Waals surface area contributed by atoms with E-state index in [-0.39, 0.29) is 11.0 Å². The summed E-state index contributed by atoms with van der Waals surface area (Å²) in [5, 5.41) is 3.46. The van der Waals surface area contributed by atoms with Gasteiger partial charge in [0.15, 0.2) is 5.78 Å². The Morgan fingerprint density at radius 1 is 0.758 bits per heavy atom. The lowest BCUT2D eigenvalue weighted by atomic mass is 10.0. The van der Waals surface area contributed by atoms with Gasteiger partial charge < -0.3 is 10.1 Å². The van der Waals surface area contributed by atoms with Crippen LogP contribution < -0.4 is 10.1 Å². The van der Waals surface area contributed by atoms with Crippen molar-refractivity contribution in [1.29, 1.82) is 0 Å². The third-order valence-electron chi connectivity index (χ3n) is 6.04. The fourth-order valence-corrected chi connectivity index (χ4v) is 5.69. The number of carbonyl (C=O) groups is 1. The van der Waals surface area contributed by atoms with Crippen molar-refractivity contribution in [3.63, 3.8) is 0 Å². The van der Waals surface area contributed by atoms with Gasteiger partial charge in [0.2, 0.25) is 0 Å². The fourth-order valence-electron chi connectivity index (χ4n) is 4.40. The maximum absolute atomic E-state index is 13.5. The minimum atomic E-state index is -0.112. The first-order valence-electron chi connectivity index (χ1n) is 11.0. The normalized spacial score (nSPS) is 16.4. The molecule has 0 saturated heterocycles. The van der Waals surface area contributed by atoms with Gasteiger partial charge >= 0.3 is 0 Å². The molecule has 0 unspecified atom stereocenters. The molecule has 3 nitrogen and oxygen atoms in total. The van der Waals surface area contributed by atoms with Gasteiger partial charge in [-0.15, -0.1) is 11.8 Å². The Hall–Kier alpha value is -3.76. The molecule has 1 atom stereocenters. The molecule has 4 aromatic carbocycles. The first-order chi connectivity index (χ1) is 16.3. The van der Waals surface area contributed by atoms with Crippen LogP contribution in [0.1, 0.15) is 32.3 Å². The molecule has 1 heterocycles. The van der Waals surface area contributed by atoms with Crippen molar-refractivity contribution in [3.8, 4) is 5.75 Å². The van der Waals surface area contributed by atoms with Crippen LogP contribution in [0.3, 0.4) is 0 Å². The van der Waals surface area contributed by atoms with E-state index in [0.717, 1.165) is 49.9 Å². The number of thioether (sulfide) groups is 1. The third kappa shape index (κ3) is 3.62. The summed E-state index contributed by atoms with van der Waals surface area (Å²) in [6, 6.07) is 34.4. The first kappa shape index (κ1) is 19.9. The second-order valence-electron chi connectivity index (χ2n) is 8.13. The van der Waals surface area contributed by atoms with Crippen molar-refractivity contribution in [1.82, 2.24) is 0 Å². The van der Waals surface area contributed by atoms with E-state index in [1.54, 1.807) is 11.8 Å². The second kappa shape index (κ2) is 8.30. The monoisotopic (exact) mass is 447 g/mol. The van der Waals surface area contributed by atoms with Crippen LogP contribution in [0.25, 0.3) is 5.70 Å². The van der Waals surface area contributed by atoms with Crippen molar-refractivity contribution in [3.05, 3.63) is 131 Å². The predicted octanol–water partition coefficient (Wildman–Crippen LogP) is 7.13. The molecule has 0 aromatic heterocycles. The molecule has 2 aliphatic rings. The lowest BCUT2D eigenvalue weighted by Crippen LogP contribution is -2.07. The number of benzene rings is 4. The van der Waals surface area contributed by atoms with Crippen molar-refractivity contribution < 1.29 is 9.53 Å². The molecule has 0 bridgehead atoms. The molecule has 160 valence electrons. The average Bonchev–Trinajstić information content (AvgIpc) is 3.03. The summed E-state index contributed by atoms with van der Waals surface area (Å²) in [6.45, 7) is 0.527. The number of nitrogens with one attached hydrogen (secondary N) is 1. The van der Waals surface area contributed by atoms with Crippen LogP contribution in [0, 0.1) is 0 Å². The van der Waals surface area contributed by atoms with E-state index >= 15 is 0 Å². The molecule has 1 aliphatic carbocycles. The SMILES string of the molecule is O=C1C2=C(Nc3ccccc3S[C@@H]2c2ccc(OCc3ccccc3)cc2)c2ccccc21. The lowest BCUT2D eigenvalue weighted by molar-refractivity contribution is 0.103. The Morgan fingerprint density at radius 3 is 2.27 bits per heavy atom. The Balaban J connectivity index is 1.36. The maximum Gasteiger partial charge on any atom is 0.193 e. The van der Waals surface area contributed by atoms with Gasteiger partial charge in [0.05, 0.1) is 16.6 Å². The standard InChI is InChI=1S/C29H21NO2S/c31-28-23-11-5-4-10-22(23)27-26(28)29(33-25-13-7-6-12-24(25)30-27)20-14-16-21(17-15-20)32-18-19-8-2-1-3-9-19/h1-17,29-30H,18H2/t29-/m1/s1. The Kier molecular flexibility index (Phi) is 5.00. The fraction of sp³-hybridized carbons (Fsp3) is 0.0690. The van der Waals surface area contributed by atoms with Gasteiger partial charge in [-0.2, -0.15) is 0 Å². The molecule has 0 amide bonds. The summed E-state index contributed by atoms with van der Waals surface area (Å²) in [5.41, 5.74) is 6.72. The number of anilines is 1. The topological polar surface area (TPSA) is 38.3 Å². The molecule has 4 heteroatoms. The molecule has 1 aliphatic heterocycles. The van der Waals surface area contributed by atoms with Gasteiger partial charge in [-0.25, -0.2) is 0 Å². The molecule has 1 N–H and O–H groups in total. The molecule has 0 saturated carbocycles. The second-order valence-corrected chi connectivity index (χ2v) is 9.27. The zero-order valence-electron chi connectivity index (χ0n) is 17.8. The number of carbonyl (C=O) groups excluding carboxylic acids is 1. The van der Waals surface area contributed by atoms with Crippen LogP contribution in [-0.4, -0.2) is 5.78 Å². The van der Waals surface area contributed by atoms with E-state index in [1.807, 2.05) is 66.7 Å². The molecule has 0 fully saturated rings. The third-order valence-corrected chi connectivity index (χ3v) is 7.39. The summed E-state index contributed by atoms with van der Waals surface area (Å²) in [5.74, 6) is 0.915. The highest BCUT2D eigenvalue weighted by Crippen LogP contribution is 2.52. The van der Waals surface area contributed by atoms with Crippen LogP contribution in [0.5, 0.6) is 5.75 Å². The van der Waals surface area contributed by atoms with Crippen LogP contribution in [0.15, 0.2) is 114 Å². The van der Waals surface area contributed by atoms with Gasteiger partial charge in [0, 0.05) is 21.6 Å². The van der Waals surface area contributed by atoms with Crippen LogP contribution >= 0.6 is 11.8 Å². The summed E-state index contributed by atoms with van der Waals surface area (Å²) in [6.07, 6.45) is 0. The molecule has 6 rings (SSSR count). The maximum atomic E-state index is 13.5. The van der Waals surface area contributed by atoms with Gasteiger partial charge in [0.25, 0.3) is 0 Å². The summed E-state index contributed by atoms with van der Waals surface area (Å²) in [7, 11) is 0. The molecular formula is C29H21NO2S. The number of ketones is 1. The Morgan fingerprint density at radius 2 is 1.45 bits per heavy atom. The quantitative estimate of drug-likeness (QED) is 0.361. The van der Waals surface area contributed by atoms with E-state index in [9.17, 15) is 4.79 Å². The van der Waals surface area contributed by atoms with Crippen LogP contribution in [0.4, 0.5) is 5.69 Å². The van der Waals surface area contributed by atoms with E-state index in [0.29, 0.717) is 6.61 Å². The minimum Gasteiger partial charge on any atom is -0.489 e. The van der Waals surface area contributed by atoms with Gasteiger partial charge in [-0.1, -0.05) is 78.9 Å². The summed E-state index contributed by atoms with van der Waals surface area (Å²) >= 11 is 1.72. The number of rotatable bonds is 4. The molecule has 33 heavy (non-hydrogen) atoms. The molecular weight excluding hydrogens is 426 g/mol. The highest BCUT2D eigenvalue weighted by molar-refractivity contribution is 8.00. The highest BCUT2D eigenvalue weighted by Gasteiger charge is 2.38. The van der Waals surface area contributed by atoms with E-state index in [2.05, 4.69) is 41.7 Å². The van der Waals surface area contributed by atoms with Gasteiger partial charge in [-0.3, -0.25) is 4.79 Å². The minimum absolute atomic E-state index is 0.0998. The van der Waals surface area contributed by atoms with Crippen molar-refractivity contribution in [2.75, 3.05) is 5.32 Å². The van der Waals surface area contributed by atoms with Crippen molar-refractivity contribution in [2.24, 2.45) is 0 Å². The van der Waals surface area contributed by atoms with E-state index in [1.165, 1.54) is 0 Å². The van der Waals surface area contributed by atoms with E-state index in [4.69, 9.17) is 4.74 Å². The average molecular weight is 448 g/mol. The van der Waals surface area contributed by atoms with Crippen molar-refractivity contribution >= 4 is 28.9 Å². The van der Waals surface area contributed by atoms with Crippen LogP contribution in [0.2, 0.25) is 0 Å².